The summed E-state index contributed by atoms with van der Waals surface area (Å²) in [6, 6.07) is 7.64. The Labute approximate surface area is 101 Å². The van der Waals surface area contributed by atoms with Crippen molar-refractivity contribution in [2.24, 2.45) is 0 Å². The highest BCUT2D eigenvalue weighted by Crippen LogP contribution is 2.19. The van der Waals surface area contributed by atoms with E-state index in [9.17, 15) is 4.79 Å². The molecule has 1 saturated carbocycles. The zero-order valence-corrected chi connectivity index (χ0v) is 9.57. The van der Waals surface area contributed by atoms with Crippen LogP contribution < -0.4 is 5.32 Å². The summed E-state index contributed by atoms with van der Waals surface area (Å²) in [5.74, 6) is 5.70. The Bertz CT molecular complexity index is 467. The highest BCUT2D eigenvalue weighted by molar-refractivity contribution is 5.97. The lowest BCUT2D eigenvalue weighted by Crippen LogP contribution is -2.26. The molecule has 88 valence electrons. The third-order valence-corrected chi connectivity index (χ3v) is 2.54. The molecule has 1 aromatic rings. The lowest BCUT2D eigenvalue weighted by Gasteiger charge is -2.05. The number of carbonyl (C=O) groups is 1. The van der Waals surface area contributed by atoms with Gasteiger partial charge in [-0.25, -0.2) is 0 Å². The molecule has 0 atom stereocenters. The second-order valence-corrected chi connectivity index (χ2v) is 4.07. The van der Waals surface area contributed by atoms with Crippen LogP contribution in [0, 0.1) is 11.8 Å². The Hall–Kier alpha value is -1.79. The van der Waals surface area contributed by atoms with Gasteiger partial charge in [-0.15, -0.1) is 0 Å². The normalized spacial score (nSPS) is 13.7. The standard InChI is InChI=1S/C14H15NO2/c16-10-4-3-6-11-5-1-2-7-13(11)14(17)15-12-8-9-12/h1-2,5,7,12,16H,4,8-10H2,(H,15,17). The van der Waals surface area contributed by atoms with Crippen molar-refractivity contribution in [1.29, 1.82) is 0 Å². The Morgan fingerprint density at radius 1 is 1.41 bits per heavy atom. The van der Waals surface area contributed by atoms with Gasteiger partial charge in [0, 0.05) is 18.0 Å². The van der Waals surface area contributed by atoms with Gasteiger partial charge in [-0.05, 0) is 25.0 Å². The monoisotopic (exact) mass is 229 g/mol. The van der Waals surface area contributed by atoms with Crippen molar-refractivity contribution >= 4 is 5.91 Å². The molecule has 0 aliphatic heterocycles. The van der Waals surface area contributed by atoms with Crippen molar-refractivity contribution in [3.05, 3.63) is 35.4 Å². The lowest BCUT2D eigenvalue weighted by atomic mass is 10.1. The molecule has 1 aliphatic rings. The quantitative estimate of drug-likeness (QED) is 0.768. The lowest BCUT2D eigenvalue weighted by molar-refractivity contribution is 0.0951. The van der Waals surface area contributed by atoms with Gasteiger partial charge >= 0.3 is 0 Å². The van der Waals surface area contributed by atoms with E-state index in [0.717, 1.165) is 18.4 Å². The van der Waals surface area contributed by atoms with Gasteiger partial charge in [0.25, 0.3) is 5.91 Å². The van der Waals surface area contributed by atoms with Crippen molar-refractivity contribution in [2.45, 2.75) is 25.3 Å². The van der Waals surface area contributed by atoms with Crippen molar-refractivity contribution in [2.75, 3.05) is 6.61 Å². The number of nitrogens with one attached hydrogen (secondary N) is 1. The summed E-state index contributed by atoms with van der Waals surface area (Å²) in [5, 5.41) is 11.6. The molecular formula is C14H15NO2. The third-order valence-electron chi connectivity index (χ3n) is 2.54. The second kappa shape index (κ2) is 5.51. The van der Waals surface area contributed by atoms with Crippen LogP contribution in [0.3, 0.4) is 0 Å². The van der Waals surface area contributed by atoms with Gasteiger partial charge < -0.3 is 10.4 Å². The minimum Gasteiger partial charge on any atom is -0.395 e. The van der Waals surface area contributed by atoms with E-state index in [-0.39, 0.29) is 12.5 Å². The van der Waals surface area contributed by atoms with E-state index >= 15 is 0 Å². The molecule has 1 aromatic carbocycles. The average Bonchev–Trinajstić information content (AvgIpc) is 3.14. The van der Waals surface area contributed by atoms with Gasteiger partial charge in [-0.2, -0.15) is 0 Å². The molecule has 2 rings (SSSR count). The fraction of sp³-hybridized carbons (Fsp3) is 0.357. The maximum atomic E-state index is 11.9. The summed E-state index contributed by atoms with van der Waals surface area (Å²) in [4.78, 5) is 11.9. The maximum Gasteiger partial charge on any atom is 0.252 e. The molecule has 0 radical (unpaired) electrons. The highest BCUT2D eigenvalue weighted by Gasteiger charge is 2.24. The summed E-state index contributed by atoms with van der Waals surface area (Å²) in [6.07, 6.45) is 2.58. The molecule has 0 bridgehead atoms. The Balaban J connectivity index is 2.14. The number of rotatable bonds is 3. The zero-order chi connectivity index (χ0) is 12.1. The summed E-state index contributed by atoms with van der Waals surface area (Å²) in [6.45, 7) is 0.0451. The maximum absolute atomic E-state index is 11.9. The number of amides is 1. The van der Waals surface area contributed by atoms with E-state index in [0.29, 0.717) is 18.0 Å². The van der Waals surface area contributed by atoms with Gasteiger partial charge in [0.15, 0.2) is 0 Å². The molecular weight excluding hydrogens is 214 g/mol. The minimum atomic E-state index is -0.0543. The van der Waals surface area contributed by atoms with E-state index in [4.69, 9.17) is 5.11 Å². The van der Waals surface area contributed by atoms with Crippen LogP contribution in [0.25, 0.3) is 0 Å². The summed E-state index contributed by atoms with van der Waals surface area (Å²) in [7, 11) is 0. The Morgan fingerprint density at radius 2 is 2.18 bits per heavy atom. The number of aliphatic hydroxyl groups is 1. The zero-order valence-electron chi connectivity index (χ0n) is 9.57. The van der Waals surface area contributed by atoms with E-state index in [1.165, 1.54) is 0 Å². The largest absolute Gasteiger partial charge is 0.395 e. The summed E-state index contributed by atoms with van der Waals surface area (Å²) in [5.41, 5.74) is 1.34. The molecule has 3 heteroatoms. The number of aliphatic hydroxyl groups excluding tert-OH is 1. The van der Waals surface area contributed by atoms with Crippen molar-refractivity contribution in [1.82, 2.24) is 5.32 Å². The Kier molecular flexibility index (Phi) is 3.79. The topological polar surface area (TPSA) is 49.3 Å². The summed E-state index contributed by atoms with van der Waals surface area (Å²) < 4.78 is 0. The molecule has 3 nitrogen and oxygen atoms in total. The van der Waals surface area contributed by atoms with Crippen LogP contribution in [0.1, 0.15) is 35.2 Å². The van der Waals surface area contributed by atoms with Crippen molar-refractivity contribution in [3.63, 3.8) is 0 Å². The number of hydrogen-bond donors (Lipinski definition) is 2. The first-order valence-corrected chi connectivity index (χ1v) is 5.81. The predicted molar refractivity (Wildman–Crippen MR) is 65.5 cm³/mol. The van der Waals surface area contributed by atoms with Crippen LogP contribution in [-0.2, 0) is 0 Å². The smallest absolute Gasteiger partial charge is 0.252 e. The minimum absolute atomic E-state index is 0.0451. The number of hydrogen-bond acceptors (Lipinski definition) is 2. The van der Waals surface area contributed by atoms with Gasteiger partial charge in [-0.3, -0.25) is 4.79 Å². The molecule has 0 heterocycles. The molecule has 1 amide bonds. The average molecular weight is 229 g/mol. The predicted octanol–water partition coefficient (Wildman–Crippen LogP) is 1.31. The fourth-order valence-corrected chi connectivity index (χ4v) is 1.49. The fourth-order valence-electron chi connectivity index (χ4n) is 1.49. The van der Waals surface area contributed by atoms with Crippen LogP contribution in [0.5, 0.6) is 0 Å². The molecule has 0 saturated heterocycles. The molecule has 0 unspecified atom stereocenters. The van der Waals surface area contributed by atoms with E-state index < -0.39 is 0 Å². The van der Waals surface area contributed by atoms with Crippen molar-refractivity contribution in [3.8, 4) is 11.8 Å². The first kappa shape index (κ1) is 11.7. The molecule has 17 heavy (non-hydrogen) atoms. The molecule has 1 fully saturated rings. The summed E-state index contributed by atoms with van der Waals surface area (Å²) >= 11 is 0. The molecule has 2 N–H and O–H groups in total. The second-order valence-electron chi connectivity index (χ2n) is 4.07. The van der Waals surface area contributed by atoms with Crippen LogP contribution in [0.4, 0.5) is 0 Å². The van der Waals surface area contributed by atoms with Crippen LogP contribution in [0.15, 0.2) is 24.3 Å². The molecule has 0 aromatic heterocycles. The van der Waals surface area contributed by atoms with E-state index in [1.54, 1.807) is 6.07 Å². The first-order chi connectivity index (χ1) is 8.31. The van der Waals surface area contributed by atoms with E-state index in [2.05, 4.69) is 17.2 Å². The van der Waals surface area contributed by atoms with Crippen LogP contribution >= 0.6 is 0 Å². The van der Waals surface area contributed by atoms with E-state index in [1.807, 2.05) is 18.2 Å². The third kappa shape index (κ3) is 3.33. The molecule has 0 spiro atoms. The van der Waals surface area contributed by atoms with Gasteiger partial charge in [0.05, 0.1) is 12.2 Å². The Morgan fingerprint density at radius 3 is 2.88 bits per heavy atom. The first-order valence-electron chi connectivity index (χ1n) is 5.81. The molecule has 1 aliphatic carbocycles. The SMILES string of the molecule is O=C(NC1CC1)c1ccccc1C#CCCO. The van der Waals surface area contributed by atoms with Gasteiger partial charge in [0.2, 0.25) is 0 Å². The van der Waals surface area contributed by atoms with Crippen LogP contribution in [-0.4, -0.2) is 23.7 Å². The van der Waals surface area contributed by atoms with Gasteiger partial charge in [-0.1, -0.05) is 24.0 Å². The number of benzene rings is 1. The van der Waals surface area contributed by atoms with Crippen LogP contribution in [0.2, 0.25) is 0 Å². The van der Waals surface area contributed by atoms with Crippen molar-refractivity contribution < 1.29 is 9.90 Å². The highest BCUT2D eigenvalue weighted by atomic mass is 16.2. The van der Waals surface area contributed by atoms with Gasteiger partial charge in [0.1, 0.15) is 0 Å². The number of carbonyl (C=O) groups excluding carboxylic acids is 1.